The van der Waals surface area contributed by atoms with Gasteiger partial charge in [-0.2, -0.15) is 0 Å². The molecule has 0 amide bonds. The van der Waals surface area contributed by atoms with Crippen molar-refractivity contribution in [3.63, 3.8) is 0 Å². The minimum atomic E-state index is 0. The molecule has 0 atom stereocenters. The van der Waals surface area contributed by atoms with Crippen LogP contribution in [0.3, 0.4) is 0 Å². The minimum absolute atomic E-state index is 0. The largest absolute Gasteiger partial charge is 0.490 e. The fraction of sp³-hybridized carbons (Fsp3) is 0.444. The van der Waals surface area contributed by atoms with Gasteiger partial charge >= 0.3 is 0 Å². The third-order valence-electron chi connectivity index (χ3n) is 3.47. The first kappa shape index (κ1) is 22.1. The summed E-state index contributed by atoms with van der Waals surface area (Å²) in [5.41, 5.74) is 2.00. The smallest absolute Gasteiger partial charge is 0.191 e. The molecule has 2 N–H and O–H groups in total. The Labute approximate surface area is 171 Å². The lowest BCUT2D eigenvalue weighted by Crippen LogP contribution is -2.37. The van der Waals surface area contributed by atoms with Crippen molar-refractivity contribution in [2.75, 3.05) is 26.8 Å². The summed E-state index contributed by atoms with van der Waals surface area (Å²) >= 11 is 0. The molecular weight excluding hydrogens is 447 g/mol. The fourth-order valence-electron chi connectivity index (χ4n) is 2.30. The Morgan fingerprint density at radius 2 is 1.88 bits per heavy atom. The van der Waals surface area contributed by atoms with Gasteiger partial charge in [0, 0.05) is 19.7 Å². The predicted molar refractivity (Wildman–Crippen MR) is 113 cm³/mol. The van der Waals surface area contributed by atoms with Gasteiger partial charge in [-0.1, -0.05) is 11.2 Å². The van der Waals surface area contributed by atoms with Crippen LogP contribution in [0.1, 0.15) is 25.1 Å². The molecule has 2 aromatic rings. The van der Waals surface area contributed by atoms with Gasteiger partial charge in [-0.25, -0.2) is 0 Å². The lowest BCUT2D eigenvalue weighted by Gasteiger charge is -2.13. The number of aromatic nitrogens is 1. The number of benzene rings is 1. The van der Waals surface area contributed by atoms with Gasteiger partial charge in [0.15, 0.2) is 17.5 Å². The molecule has 0 radical (unpaired) electrons. The van der Waals surface area contributed by atoms with Crippen LogP contribution in [-0.2, 0) is 13.0 Å². The van der Waals surface area contributed by atoms with Gasteiger partial charge in [0.05, 0.1) is 19.8 Å². The number of ether oxygens (including phenoxy) is 2. The normalized spacial score (nSPS) is 10.8. The Balaban J connectivity index is 0.00000338. The zero-order valence-electron chi connectivity index (χ0n) is 15.4. The maximum Gasteiger partial charge on any atom is 0.191 e. The van der Waals surface area contributed by atoms with Gasteiger partial charge in [0.1, 0.15) is 12.0 Å². The second kappa shape index (κ2) is 12.4. The van der Waals surface area contributed by atoms with E-state index in [9.17, 15) is 0 Å². The first-order valence-corrected chi connectivity index (χ1v) is 8.49. The van der Waals surface area contributed by atoms with Crippen LogP contribution in [0.15, 0.2) is 40.0 Å². The summed E-state index contributed by atoms with van der Waals surface area (Å²) in [6, 6.07) is 7.86. The highest BCUT2D eigenvalue weighted by Gasteiger charge is 2.06. The third-order valence-corrected chi connectivity index (χ3v) is 3.47. The summed E-state index contributed by atoms with van der Waals surface area (Å²) in [7, 11) is 1.74. The zero-order chi connectivity index (χ0) is 17.9. The summed E-state index contributed by atoms with van der Waals surface area (Å²) in [4.78, 5) is 4.20. The number of nitrogens with one attached hydrogen (secondary N) is 2. The Bertz CT molecular complexity index is 662. The number of hydrogen-bond acceptors (Lipinski definition) is 5. The van der Waals surface area contributed by atoms with Crippen LogP contribution in [0.4, 0.5) is 0 Å². The van der Waals surface area contributed by atoms with E-state index in [1.54, 1.807) is 13.3 Å². The van der Waals surface area contributed by atoms with Gasteiger partial charge < -0.3 is 24.6 Å². The summed E-state index contributed by atoms with van der Waals surface area (Å²) in [5.74, 6) is 2.29. The molecule has 0 unspecified atom stereocenters. The molecule has 0 fully saturated rings. The monoisotopic (exact) mass is 474 g/mol. The molecule has 0 aliphatic carbocycles. The lowest BCUT2D eigenvalue weighted by atomic mass is 10.1. The topological polar surface area (TPSA) is 80.9 Å². The van der Waals surface area contributed by atoms with E-state index in [4.69, 9.17) is 14.0 Å². The van der Waals surface area contributed by atoms with E-state index in [0.717, 1.165) is 36.1 Å². The van der Waals surface area contributed by atoms with Crippen molar-refractivity contribution in [1.82, 2.24) is 15.8 Å². The molecule has 1 aromatic carbocycles. The van der Waals surface area contributed by atoms with Gasteiger partial charge in [-0.05, 0) is 38.0 Å². The Hall–Kier alpha value is -1.97. The van der Waals surface area contributed by atoms with E-state index in [2.05, 4.69) is 26.8 Å². The SMILES string of the molecule is CCOc1ccc(CCNC(=NC)NCc2ccon2)cc1OCC.I. The van der Waals surface area contributed by atoms with Crippen molar-refractivity contribution >= 4 is 29.9 Å². The number of aliphatic imine (C=N–C) groups is 1. The van der Waals surface area contributed by atoms with E-state index in [1.807, 2.05) is 32.0 Å². The van der Waals surface area contributed by atoms with Crippen molar-refractivity contribution < 1.29 is 14.0 Å². The number of nitrogens with zero attached hydrogens (tertiary/aromatic N) is 2. The summed E-state index contributed by atoms with van der Waals surface area (Å²) in [6.07, 6.45) is 2.40. The summed E-state index contributed by atoms with van der Waals surface area (Å²) in [5, 5.41) is 10.3. The molecular formula is C18H27IN4O3. The molecule has 0 saturated heterocycles. The molecule has 0 aliphatic rings. The second-order valence-corrected chi connectivity index (χ2v) is 5.24. The number of hydrogen-bond donors (Lipinski definition) is 2. The zero-order valence-corrected chi connectivity index (χ0v) is 17.8. The van der Waals surface area contributed by atoms with Crippen LogP contribution in [0.2, 0.25) is 0 Å². The van der Waals surface area contributed by atoms with Gasteiger partial charge in [0.2, 0.25) is 0 Å². The first-order valence-electron chi connectivity index (χ1n) is 8.49. The number of guanidine groups is 1. The Morgan fingerprint density at radius 3 is 2.54 bits per heavy atom. The van der Waals surface area contributed by atoms with Crippen molar-refractivity contribution in [1.29, 1.82) is 0 Å². The van der Waals surface area contributed by atoms with Crippen LogP contribution >= 0.6 is 24.0 Å². The molecule has 0 bridgehead atoms. The molecule has 0 spiro atoms. The average Bonchev–Trinajstić information content (AvgIpc) is 3.14. The molecule has 8 heteroatoms. The number of rotatable bonds is 9. The lowest BCUT2D eigenvalue weighted by molar-refractivity contribution is 0.287. The van der Waals surface area contributed by atoms with E-state index in [-0.39, 0.29) is 24.0 Å². The highest BCUT2D eigenvalue weighted by Crippen LogP contribution is 2.28. The van der Waals surface area contributed by atoms with E-state index < -0.39 is 0 Å². The molecule has 1 heterocycles. The van der Waals surface area contributed by atoms with Gasteiger partial charge in [-0.15, -0.1) is 24.0 Å². The van der Waals surface area contributed by atoms with Gasteiger partial charge in [-0.3, -0.25) is 4.99 Å². The fourth-order valence-corrected chi connectivity index (χ4v) is 2.30. The van der Waals surface area contributed by atoms with Gasteiger partial charge in [0.25, 0.3) is 0 Å². The molecule has 26 heavy (non-hydrogen) atoms. The molecule has 1 aromatic heterocycles. The van der Waals surface area contributed by atoms with Crippen molar-refractivity contribution in [2.45, 2.75) is 26.8 Å². The Kier molecular flexibility index (Phi) is 10.5. The van der Waals surface area contributed by atoms with Crippen LogP contribution < -0.4 is 20.1 Å². The maximum absolute atomic E-state index is 5.66. The molecule has 144 valence electrons. The summed E-state index contributed by atoms with van der Waals surface area (Å²) in [6.45, 7) is 6.47. The Morgan fingerprint density at radius 1 is 1.12 bits per heavy atom. The van der Waals surface area contributed by atoms with Crippen LogP contribution in [0, 0.1) is 0 Å². The van der Waals surface area contributed by atoms with Crippen LogP contribution in [0.5, 0.6) is 11.5 Å². The molecule has 7 nitrogen and oxygen atoms in total. The highest BCUT2D eigenvalue weighted by molar-refractivity contribution is 14.0. The van der Waals surface area contributed by atoms with Crippen LogP contribution in [0.25, 0.3) is 0 Å². The molecule has 0 aliphatic heterocycles. The third kappa shape index (κ3) is 7.11. The van der Waals surface area contributed by atoms with E-state index in [1.165, 1.54) is 5.56 Å². The standard InChI is InChI=1S/C18H26N4O3.HI/c1-4-23-16-7-6-14(12-17(16)24-5-2)8-10-20-18(19-3)21-13-15-9-11-25-22-15;/h6-7,9,11-12H,4-5,8,10,13H2,1-3H3,(H2,19,20,21);1H. The van der Waals surface area contributed by atoms with Crippen molar-refractivity contribution in [3.05, 3.63) is 41.8 Å². The molecule has 0 saturated carbocycles. The van der Waals surface area contributed by atoms with E-state index in [0.29, 0.717) is 19.8 Å². The van der Waals surface area contributed by atoms with Crippen molar-refractivity contribution in [2.24, 2.45) is 4.99 Å². The summed E-state index contributed by atoms with van der Waals surface area (Å²) < 4.78 is 16.1. The highest BCUT2D eigenvalue weighted by atomic mass is 127. The second-order valence-electron chi connectivity index (χ2n) is 5.24. The number of halogens is 1. The first-order chi connectivity index (χ1) is 12.3. The average molecular weight is 474 g/mol. The van der Waals surface area contributed by atoms with Crippen molar-refractivity contribution in [3.8, 4) is 11.5 Å². The predicted octanol–water partition coefficient (Wildman–Crippen LogP) is 3.00. The maximum atomic E-state index is 5.66. The molecule has 2 rings (SSSR count). The quantitative estimate of drug-likeness (QED) is 0.331. The minimum Gasteiger partial charge on any atom is -0.490 e. The van der Waals surface area contributed by atoms with E-state index >= 15 is 0 Å². The van der Waals surface area contributed by atoms with Crippen LogP contribution in [-0.4, -0.2) is 37.9 Å².